The first-order chi connectivity index (χ1) is 12.1. The Labute approximate surface area is 158 Å². The number of nitrogens with zero attached hydrogens (tertiary/aromatic N) is 1. The van der Waals surface area contributed by atoms with Gasteiger partial charge in [0.25, 0.3) is 0 Å². The van der Waals surface area contributed by atoms with Crippen molar-refractivity contribution in [3.05, 3.63) is 58.1 Å². The van der Waals surface area contributed by atoms with Crippen LogP contribution in [0.4, 0.5) is 5.69 Å². The molecule has 134 valence electrons. The fourth-order valence-corrected chi connectivity index (χ4v) is 3.65. The standard InChI is InChI=1S/C19H22Cl2N2O2/c1-13-11-22-12-19(14-2-4-15(20)5-3-14)23(13)18-7-6-16(10-17(18)21)25-9-8-24/h2-7,10,13,19,22,24H,8-9,11-12H2,1H3/t13?,19-/m0/s1. The molecule has 0 radical (unpaired) electrons. The van der Waals surface area contributed by atoms with E-state index < -0.39 is 0 Å². The van der Waals surface area contributed by atoms with Gasteiger partial charge in [0, 0.05) is 30.2 Å². The minimum atomic E-state index is -0.0210. The maximum atomic E-state index is 8.89. The maximum Gasteiger partial charge on any atom is 0.121 e. The number of aliphatic hydroxyl groups is 1. The minimum absolute atomic E-state index is 0.0210. The third kappa shape index (κ3) is 4.21. The van der Waals surface area contributed by atoms with E-state index in [0.717, 1.165) is 23.8 Å². The first kappa shape index (κ1) is 18.3. The lowest BCUT2D eigenvalue weighted by molar-refractivity contribution is 0.201. The molecule has 2 aromatic carbocycles. The topological polar surface area (TPSA) is 44.7 Å². The van der Waals surface area contributed by atoms with Crippen LogP contribution in [0.5, 0.6) is 5.75 Å². The van der Waals surface area contributed by atoms with Crippen LogP contribution < -0.4 is 15.0 Å². The summed E-state index contributed by atoms with van der Waals surface area (Å²) >= 11 is 12.6. The van der Waals surface area contributed by atoms with E-state index in [4.69, 9.17) is 33.0 Å². The molecule has 25 heavy (non-hydrogen) atoms. The van der Waals surface area contributed by atoms with E-state index in [2.05, 4.69) is 29.3 Å². The number of aliphatic hydroxyl groups excluding tert-OH is 1. The highest BCUT2D eigenvalue weighted by molar-refractivity contribution is 6.33. The Kier molecular flexibility index (Phi) is 6.07. The SMILES string of the molecule is CC1CNC[C@@H](c2ccc(Cl)cc2)N1c1ccc(OCCO)cc1Cl. The number of ether oxygens (including phenoxy) is 1. The Hall–Kier alpha value is -1.46. The summed E-state index contributed by atoms with van der Waals surface area (Å²) in [7, 11) is 0. The summed E-state index contributed by atoms with van der Waals surface area (Å²) in [5, 5.41) is 13.7. The van der Waals surface area contributed by atoms with Crippen molar-refractivity contribution in [1.82, 2.24) is 5.32 Å². The number of hydrogen-bond acceptors (Lipinski definition) is 4. The fraction of sp³-hybridized carbons (Fsp3) is 0.368. The quantitative estimate of drug-likeness (QED) is 0.825. The number of hydrogen-bond donors (Lipinski definition) is 2. The summed E-state index contributed by atoms with van der Waals surface area (Å²) in [4.78, 5) is 2.35. The van der Waals surface area contributed by atoms with Crippen molar-refractivity contribution in [2.24, 2.45) is 0 Å². The number of anilines is 1. The molecule has 4 nitrogen and oxygen atoms in total. The van der Waals surface area contributed by atoms with Crippen LogP contribution >= 0.6 is 23.2 Å². The second-order valence-corrected chi connectivity index (χ2v) is 7.01. The average molecular weight is 381 g/mol. The third-order valence-corrected chi connectivity index (χ3v) is 4.95. The van der Waals surface area contributed by atoms with Gasteiger partial charge in [-0.15, -0.1) is 0 Å². The highest BCUT2D eigenvalue weighted by Gasteiger charge is 2.30. The third-order valence-electron chi connectivity index (χ3n) is 4.40. The van der Waals surface area contributed by atoms with Crippen LogP contribution in [0.15, 0.2) is 42.5 Å². The van der Waals surface area contributed by atoms with Crippen LogP contribution in [0.3, 0.4) is 0 Å². The highest BCUT2D eigenvalue weighted by Crippen LogP contribution is 2.37. The molecular weight excluding hydrogens is 359 g/mol. The Balaban J connectivity index is 1.92. The minimum Gasteiger partial charge on any atom is -0.491 e. The van der Waals surface area contributed by atoms with Gasteiger partial charge >= 0.3 is 0 Å². The van der Waals surface area contributed by atoms with Gasteiger partial charge in [0.05, 0.1) is 23.4 Å². The molecule has 6 heteroatoms. The first-order valence-electron chi connectivity index (χ1n) is 8.38. The molecular formula is C19H22Cl2N2O2. The molecule has 2 atom stereocenters. The Morgan fingerprint density at radius 1 is 1.16 bits per heavy atom. The molecule has 1 fully saturated rings. The van der Waals surface area contributed by atoms with Crippen LogP contribution in [0.1, 0.15) is 18.5 Å². The largest absolute Gasteiger partial charge is 0.491 e. The van der Waals surface area contributed by atoms with Gasteiger partial charge in [-0.1, -0.05) is 35.3 Å². The summed E-state index contributed by atoms with van der Waals surface area (Å²) < 4.78 is 5.45. The number of benzene rings is 2. The van der Waals surface area contributed by atoms with Crippen LogP contribution in [0.25, 0.3) is 0 Å². The lowest BCUT2D eigenvalue weighted by Crippen LogP contribution is -2.52. The number of rotatable bonds is 5. The molecule has 1 saturated heterocycles. The van der Waals surface area contributed by atoms with Gasteiger partial charge in [0.2, 0.25) is 0 Å². The van der Waals surface area contributed by atoms with Crippen molar-refractivity contribution >= 4 is 28.9 Å². The van der Waals surface area contributed by atoms with E-state index in [0.29, 0.717) is 10.8 Å². The van der Waals surface area contributed by atoms with Crippen molar-refractivity contribution in [2.75, 3.05) is 31.2 Å². The normalized spacial score (nSPS) is 20.6. The molecule has 1 aliphatic rings. The Bertz CT molecular complexity index is 709. The summed E-state index contributed by atoms with van der Waals surface area (Å²) in [5.74, 6) is 0.661. The van der Waals surface area contributed by atoms with E-state index in [1.54, 1.807) is 6.07 Å². The van der Waals surface area contributed by atoms with E-state index in [9.17, 15) is 0 Å². The van der Waals surface area contributed by atoms with Gasteiger partial charge in [-0.2, -0.15) is 0 Å². The van der Waals surface area contributed by atoms with E-state index >= 15 is 0 Å². The number of piperazine rings is 1. The molecule has 1 aliphatic heterocycles. The predicted octanol–water partition coefficient (Wildman–Crippen LogP) is 3.90. The predicted molar refractivity (Wildman–Crippen MR) is 103 cm³/mol. The monoisotopic (exact) mass is 380 g/mol. The summed E-state index contributed by atoms with van der Waals surface area (Å²) in [5.41, 5.74) is 2.17. The van der Waals surface area contributed by atoms with Gasteiger partial charge < -0.3 is 20.1 Å². The molecule has 0 saturated carbocycles. The molecule has 1 unspecified atom stereocenters. The molecule has 0 spiro atoms. The molecule has 2 N–H and O–H groups in total. The molecule has 3 rings (SSSR count). The number of halogens is 2. The highest BCUT2D eigenvalue weighted by atomic mass is 35.5. The average Bonchev–Trinajstić information content (AvgIpc) is 2.61. The van der Waals surface area contributed by atoms with Crippen molar-refractivity contribution in [1.29, 1.82) is 0 Å². The second kappa shape index (κ2) is 8.28. The number of nitrogens with one attached hydrogen (secondary N) is 1. The Morgan fingerprint density at radius 3 is 2.60 bits per heavy atom. The van der Waals surface area contributed by atoms with E-state index in [-0.39, 0.29) is 25.3 Å². The van der Waals surface area contributed by atoms with Crippen LogP contribution in [0.2, 0.25) is 10.0 Å². The summed E-state index contributed by atoms with van der Waals surface area (Å²) in [6.07, 6.45) is 0. The fourth-order valence-electron chi connectivity index (χ4n) is 3.25. The molecule has 2 aromatic rings. The van der Waals surface area contributed by atoms with Crippen LogP contribution in [-0.4, -0.2) is 37.5 Å². The van der Waals surface area contributed by atoms with Gasteiger partial charge in [0.1, 0.15) is 12.4 Å². The molecule has 1 heterocycles. The van der Waals surface area contributed by atoms with Crippen molar-refractivity contribution in [3.63, 3.8) is 0 Å². The molecule has 0 aliphatic carbocycles. The van der Waals surface area contributed by atoms with E-state index in [1.165, 1.54) is 5.56 Å². The zero-order valence-corrected chi connectivity index (χ0v) is 15.6. The Morgan fingerprint density at radius 2 is 1.92 bits per heavy atom. The van der Waals surface area contributed by atoms with E-state index in [1.807, 2.05) is 24.3 Å². The maximum absolute atomic E-state index is 8.89. The smallest absolute Gasteiger partial charge is 0.121 e. The van der Waals surface area contributed by atoms with Crippen molar-refractivity contribution in [2.45, 2.75) is 19.0 Å². The molecule has 0 amide bonds. The van der Waals surface area contributed by atoms with Gasteiger partial charge in [-0.3, -0.25) is 0 Å². The summed E-state index contributed by atoms with van der Waals surface area (Å²) in [6, 6.07) is 14.1. The molecule has 0 bridgehead atoms. The lowest BCUT2D eigenvalue weighted by Gasteiger charge is -2.43. The molecule has 0 aromatic heterocycles. The van der Waals surface area contributed by atoms with Gasteiger partial charge in [0.15, 0.2) is 0 Å². The zero-order valence-electron chi connectivity index (χ0n) is 14.1. The first-order valence-corrected chi connectivity index (χ1v) is 9.13. The van der Waals surface area contributed by atoms with Crippen LogP contribution in [-0.2, 0) is 0 Å². The van der Waals surface area contributed by atoms with Gasteiger partial charge in [-0.05, 0) is 36.8 Å². The lowest BCUT2D eigenvalue weighted by atomic mass is 9.99. The van der Waals surface area contributed by atoms with Crippen LogP contribution in [0, 0.1) is 0 Å². The van der Waals surface area contributed by atoms with Crippen molar-refractivity contribution in [3.8, 4) is 5.75 Å². The second-order valence-electron chi connectivity index (χ2n) is 6.17. The zero-order chi connectivity index (χ0) is 17.8. The summed E-state index contributed by atoms with van der Waals surface area (Å²) in [6.45, 7) is 4.15. The van der Waals surface area contributed by atoms with Gasteiger partial charge in [-0.25, -0.2) is 0 Å². The van der Waals surface area contributed by atoms with Crippen molar-refractivity contribution < 1.29 is 9.84 Å².